The summed E-state index contributed by atoms with van der Waals surface area (Å²) in [5.41, 5.74) is 9.73. The zero-order valence-electron chi connectivity index (χ0n) is 12.7. The molecule has 4 heteroatoms. The number of thiophene rings is 1. The van der Waals surface area contributed by atoms with E-state index < -0.39 is 0 Å². The van der Waals surface area contributed by atoms with Gasteiger partial charge in [-0.1, -0.05) is 37.6 Å². The second-order valence-corrected chi connectivity index (χ2v) is 6.20. The third-order valence-corrected chi connectivity index (χ3v) is 4.31. The van der Waals surface area contributed by atoms with E-state index in [2.05, 4.69) is 31.2 Å². The Morgan fingerprint density at radius 3 is 2.48 bits per heavy atom. The molecule has 2 N–H and O–H groups in total. The van der Waals surface area contributed by atoms with Crippen molar-refractivity contribution in [1.29, 1.82) is 0 Å². The molecule has 0 aliphatic heterocycles. The highest BCUT2D eigenvalue weighted by Crippen LogP contribution is 2.38. The molecule has 0 saturated heterocycles. The maximum absolute atomic E-state index is 12.1. The van der Waals surface area contributed by atoms with Crippen molar-refractivity contribution < 1.29 is 9.53 Å². The van der Waals surface area contributed by atoms with Crippen LogP contribution in [0, 0.1) is 6.92 Å². The first kappa shape index (κ1) is 15.6. The summed E-state index contributed by atoms with van der Waals surface area (Å²) in [6.45, 7) is 6.30. The second kappa shape index (κ2) is 6.76. The number of carbonyl (C=O) groups excluding carboxylic acids is 1. The molecule has 0 amide bonds. The predicted octanol–water partition coefficient (Wildman–Crippen LogP) is 4.43. The number of nitrogens with two attached hydrogens (primary N) is 1. The molecule has 1 aromatic heterocycles. The molecule has 0 aliphatic carbocycles. The van der Waals surface area contributed by atoms with E-state index >= 15 is 0 Å². The van der Waals surface area contributed by atoms with Crippen LogP contribution in [0.2, 0.25) is 0 Å². The number of hydrogen-bond acceptors (Lipinski definition) is 4. The normalized spacial score (nSPS) is 10.6. The molecule has 1 heterocycles. The minimum Gasteiger partial charge on any atom is -0.462 e. The van der Waals surface area contributed by atoms with Gasteiger partial charge in [-0.2, -0.15) is 0 Å². The monoisotopic (exact) mass is 303 g/mol. The van der Waals surface area contributed by atoms with Crippen LogP contribution in [0.25, 0.3) is 11.1 Å². The van der Waals surface area contributed by atoms with Gasteiger partial charge >= 0.3 is 5.97 Å². The Hall–Kier alpha value is -1.81. The molecule has 0 saturated carbocycles. The van der Waals surface area contributed by atoms with Gasteiger partial charge in [0.2, 0.25) is 0 Å². The first-order chi connectivity index (χ1) is 10.1. The first-order valence-electron chi connectivity index (χ1n) is 7.23. The molecule has 21 heavy (non-hydrogen) atoms. The number of anilines is 1. The number of aryl methyl sites for hydroxylation is 2. The van der Waals surface area contributed by atoms with Gasteiger partial charge in [0.25, 0.3) is 0 Å². The highest BCUT2D eigenvalue weighted by molar-refractivity contribution is 7.16. The molecule has 112 valence electrons. The standard InChI is InChI=1S/C17H21NO2S/c1-4-6-12-7-9-13(10-8-12)14-11(3)21-16(18)15(14)17(19)20-5-2/h7-10H,4-6,18H2,1-3H3. The molecular weight excluding hydrogens is 282 g/mol. The fourth-order valence-electron chi connectivity index (χ4n) is 2.45. The Labute approximate surface area is 129 Å². The third kappa shape index (κ3) is 3.27. The number of ether oxygens (including phenoxy) is 1. The van der Waals surface area contributed by atoms with Gasteiger partial charge < -0.3 is 10.5 Å². The number of carbonyl (C=O) groups is 1. The lowest BCUT2D eigenvalue weighted by Gasteiger charge is -2.08. The van der Waals surface area contributed by atoms with Crippen molar-refractivity contribution in [3.05, 3.63) is 40.3 Å². The van der Waals surface area contributed by atoms with Gasteiger partial charge in [0.15, 0.2) is 0 Å². The van der Waals surface area contributed by atoms with Crippen LogP contribution in [0.5, 0.6) is 0 Å². The summed E-state index contributed by atoms with van der Waals surface area (Å²) in [5, 5.41) is 0.526. The maximum atomic E-state index is 12.1. The van der Waals surface area contributed by atoms with E-state index in [0.717, 1.165) is 28.8 Å². The van der Waals surface area contributed by atoms with E-state index in [1.165, 1.54) is 16.9 Å². The summed E-state index contributed by atoms with van der Waals surface area (Å²) in [4.78, 5) is 13.2. The summed E-state index contributed by atoms with van der Waals surface area (Å²) in [6, 6.07) is 8.34. The van der Waals surface area contributed by atoms with Gasteiger partial charge in [-0.05, 0) is 31.4 Å². The predicted molar refractivity (Wildman–Crippen MR) is 88.9 cm³/mol. The van der Waals surface area contributed by atoms with Crippen molar-refractivity contribution in [2.45, 2.75) is 33.6 Å². The molecule has 1 aromatic carbocycles. The van der Waals surface area contributed by atoms with Crippen molar-refractivity contribution in [2.24, 2.45) is 0 Å². The van der Waals surface area contributed by atoms with E-state index in [4.69, 9.17) is 10.5 Å². The van der Waals surface area contributed by atoms with Crippen molar-refractivity contribution in [2.75, 3.05) is 12.3 Å². The molecule has 2 rings (SSSR count). The average molecular weight is 303 g/mol. The van der Waals surface area contributed by atoms with Crippen LogP contribution in [0.1, 0.15) is 41.1 Å². The Morgan fingerprint density at radius 2 is 1.90 bits per heavy atom. The lowest BCUT2D eigenvalue weighted by molar-refractivity contribution is 0.0529. The highest BCUT2D eigenvalue weighted by Gasteiger charge is 2.22. The Balaban J connectivity index is 2.45. The van der Waals surface area contributed by atoms with Gasteiger partial charge in [-0.15, -0.1) is 11.3 Å². The van der Waals surface area contributed by atoms with Gasteiger partial charge in [-0.25, -0.2) is 4.79 Å². The summed E-state index contributed by atoms with van der Waals surface area (Å²) in [7, 11) is 0. The van der Waals surface area contributed by atoms with E-state index in [1.807, 2.05) is 6.92 Å². The van der Waals surface area contributed by atoms with Crippen molar-refractivity contribution in [3.8, 4) is 11.1 Å². The first-order valence-corrected chi connectivity index (χ1v) is 8.05. The largest absolute Gasteiger partial charge is 0.462 e. The topological polar surface area (TPSA) is 52.3 Å². The summed E-state index contributed by atoms with van der Waals surface area (Å²) >= 11 is 1.44. The molecule has 2 aromatic rings. The molecule has 0 unspecified atom stereocenters. The lowest BCUT2D eigenvalue weighted by atomic mass is 9.99. The van der Waals surface area contributed by atoms with Crippen LogP contribution < -0.4 is 5.73 Å². The molecule has 0 fully saturated rings. The smallest absolute Gasteiger partial charge is 0.341 e. The van der Waals surface area contributed by atoms with Crippen molar-refractivity contribution >= 4 is 22.3 Å². The Morgan fingerprint density at radius 1 is 1.24 bits per heavy atom. The number of nitrogen functional groups attached to an aromatic ring is 1. The average Bonchev–Trinajstić information content (AvgIpc) is 2.75. The number of rotatable bonds is 5. The fraction of sp³-hybridized carbons (Fsp3) is 0.353. The molecule has 0 bridgehead atoms. The summed E-state index contributed by atoms with van der Waals surface area (Å²) in [6.07, 6.45) is 2.19. The van der Waals surface area contributed by atoms with E-state index in [1.54, 1.807) is 6.92 Å². The summed E-state index contributed by atoms with van der Waals surface area (Å²) in [5.74, 6) is -0.341. The van der Waals surface area contributed by atoms with Crippen molar-refractivity contribution in [1.82, 2.24) is 0 Å². The SMILES string of the molecule is CCCc1ccc(-c2c(C)sc(N)c2C(=O)OCC)cc1. The lowest BCUT2D eigenvalue weighted by Crippen LogP contribution is -2.07. The second-order valence-electron chi connectivity index (χ2n) is 4.94. The Bertz CT molecular complexity index is 629. The number of hydrogen-bond donors (Lipinski definition) is 1. The van der Waals surface area contributed by atoms with Crippen LogP contribution in [-0.2, 0) is 11.2 Å². The number of benzene rings is 1. The molecule has 0 aliphatic rings. The van der Waals surface area contributed by atoms with Gasteiger partial charge in [0, 0.05) is 10.4 Å². The van der Waals surface area contributed by atoms with Crippen LogP contribution in [-0.4, -0.2) is 12.6 Å². The van der Waals surface area contributed by atoms with Crippen molar-refractivity contribution in [3.63, 3.8) is 0 Å². The van der Waals surface area contributed by atoms with Gasteiger partial charge in [0.1, 0.15) is 10.6 Å². The van der Waals surface area contributed by atoms with Gasteiger partial charge in [-0.3, -0.25) is 0 Å². The zero-order chi connectivity index (χ0) is 15.4. The van der Waals surface area contributed by atoms with E-state index in [-0.39, 0.29) is 5.97 Å². The maximum Gasteiger partial charge on any atom is 0.341 e. The molecule has 0 atom stereocenters. The minimum atomic E-state index is -0.341. The zero-order valence-corrected chi connectivity index (χ0v) is 13.5. The molecule has 3 nitrogen and oxygen atoms in total. The number of esters is 1. The summed E-state index contributed by atoms with van der Waals surface area (Å²) < 4.78 is 5.13. The molecule has 0 radical (unpaired) electrons. The van der Waals surface area contributed by atoms with Gasteiger partial charge in [0.05, 0.1) is 6.61 Å². The van der Waals surface area contributed by atoms with Crippen LogP contribution in [0.15, 0.2) is 24.3 Å². The minimum absolute atomic E-state index is 0.341. The van der Waals surface area contributed by atoms with Crippen LogP contribution in [0.4, 0.5) is 5.00 Å². The molecular formula is C17H21NO2S. The highest BCUT2D eigenvalue weighted by atomic mass is 32.1. The quantitative estimate of drug-likeness (QED) is 0.831. The van der Waals surface area contributed by atoms with E-state index in [9.17, 15) is 4.79 Å². The fourth-order valence-corrected chi connectivity index (χ4v) is 3.39. The third-order valence-electron chi connectivity index (χ3n) is 3.37. The molecule has 0 spiro atoms. The van der Waals surface area contributed by atoms with E-state index in [0.29, 0.717) is 17.2 Å². The van der Waals surface area contributed by atoms with Crippen LogP contribution in [0.3, 0.4) is 0 Å². The van der Waals surface area contributed by atoms with Crippen LogP contribution >= 0.6 is 11.3 Å². The Kier molecular flexibility index (Phi) is 5.02.